The molecule has 0 saturated carbocycles. The van der Waals surface area contributed by atoms with Crippen LogP contribution in [0, 0.1) is 18.3 Å². The fraction of sp³-hybridized carbons (Fsp3) is 0.650. The van der Waals surface area contributed by atoms with Gasteiger partial charge in [0.15, 0.2) is 0 Å². The summed E-state index contributed by atoms with van der Waals surface area (Å²) in [5.74, 6) is 1.05. The summed E-state index contributed by atoms with van der Waals surface area (Å²) in [6, 6.07) is 8.52. The zero-order chi connectivity index (χ0) is 16.6. The summed E-state index contributed by atoms with van der Waals surface area (Å²) in [5, 5.41) is 0. The third-order valence-electron chi connectivity index (χ3n) is 6.03. The van der Waals surface area contributed by atoms with Gasteiger partial charge in [-0.1, -0.05) is 29.8 Å². The molecule has 3 saturated heterocycles. The van der Waals surface area contributed by atoms with Gasteiger partial charge in [0.1, 0.15) is 0 Å². The zero-order valence-corrected chi connectivity index (χ0v) is 14.7. The van der Waals surface area contributed by atoms with Crippen LogP contribution < -0.4 is 0 Å². The molecular weight excluding hydrogens is 300 g/mol. The highest BCUT2D eigenvalue weighted by molar-refractivity contribution is 5.85. The number of aryl methyl sites for hydroxylation is 1. The molecule has 1 amide bonds. The number of hydrogen-bond donors (Lipinski definition) is 0. The van der Waals surface area contributed by atoms with Crippen molar-refractivity contribution in [3.05, 3.63) is 35.4 Å². The Kier molecular flexibility index (Phi) is 4.35. The van der Waals surface area contributed by atoms with Gasteiger partial charge in [-0.05, 0) is 44.2 Å². The summed E-state index contributed by atoms with van der Waals surface area (Å²) in [4.78, 5) is 17.7. The molecule has 0 aromatic heterocycles. The van der Waals surface area contributed by atoms with E-state index in [1.165, 1.54) is 17.5 Å². The number of carbonyl (C=O) groups excluding carboxylic acids is 1. The maximum Gasteiger partial charge on any atom is 0.230 e. The summed E-state index contributed by atoms with van der Waals surface area (Å²) in [6.45, 7) is 8.72. The number of benzene rings is 1. The number of ether oxygens (including phenoxy) is 1. The minimum absolute atomic E-state index is 0.108. The molecule has 4 heteroatoms. The normalized spacial score (nSPS) is 30.8. The number of amides is 1. The Morgan fingerprint density at radius 2 is 2.17 bits per heavy atom. The van der Waals surface area contributed by atoms with Crippen LogP contribution in [0.5, 0.6) is 0 Å². The molecule has 4 rings (SSSR count). The van der Waals surface area contributed by atoms with Crippen LogP contribution in [-0.2, 0) is 16.1 Å². The second kappa shape index (κ2) is 6.49. The Balaban J connectivity index is 1.38. The van der Waals surface area contributed by atoms with Crippen LogP contribution in [0.3, 0.4) is 0 Å². The second-order valence-corrected chi connectivity index (χ2v) is 7.96. The van der Waals surface area contributed by atoms with Crippen molar-refractivity contribution in [3.8, 4) is 0 Å². The van der Waals surface area contributed by atoms with Crippen molar-refractivity contribution in [2.75, 3.05) is 39.4 Å². The van der Waals surface area contributed by atoms with Gasteiger partial charge in [0.2, 0.25) is 5.91 Å². The van der Waals surface area contributed by atoms with Crippen LogP contribution in [0.4, 0.5) is 0 Å². The number of likely N-dealkylation sites (tertiary alicyclic amines) is 2. The fourth-order valence-corrected chi connectivity index (χ4v) is 4.66. The van der Waals surface area contributed by atoms with Crippen molar-refractivity contribution in [1.82, 2.24) is 9.80 Å². The summed E-state index contributed by atoms with van der Waals surface area (Å²) in [6.07, 6.45) is 3.23. The minimum atomic E-state index is -0.108. The molecule has 0 N–H and O–H groups in total. The smallest absolute Gasteiger partial charge is 0.230 e. The van der Waals surface area contributed by atoms with Crippen LogP contribution >= 0.6 is 0 Å². The van der Waals surface area contributed by atoms with Crippen LogP contribution in [0.15, 0.2) is 24.3 Å². The SMILES string of the molecule is Cc1cccc(CN2CCC3(CCN(CC4CCOC4)C3)C2=O)c1. The Hall–Kier alpha value is -1.39. The Morgan fingerprint density at radius 1 is 1.29 bits per heavy atom. The lowest BCUT2D eigenvalue weighted by atomic mass is 9.85. The van der Waals surface area contributed by atoms with Crippen molar-refractivity contribution in [2.45, 2.75) is 32.7 Å². The molecule has 0 bridgehead atoms. The summed E-state index contributed by atoms with van der Waals surface area (Å²) < 4.78 is 5.50. The van der Waals surface area contributed by atoms with Gasteiger partial charge >= 0.3 is 0 Å². The number of rotatable bonds is 4. The summed E-state index contributed by atoms with van der Waals surface area (Å²) in [5.41, 5.74) is 2.40. The van der Waals surface area contributed by atoms with Gasteiger partial charge in [-0.15, -0.1) is 0 Å². The molecule has 0 radical (unpaired) electrons. The first kappa shape index (κ1) is 16.1. The first-order valence-electron chi connectivity index (χ1n) is 9.30. The van der Waals surface area contributed by atoms with Crippen LogP contribution in [0.1, 0.15) is 30.4 Å². The molecule has 0 aliphatic carbocycles. The molecule has 3 fully saturated rings. The highest BCUT2D eigenvalue weighted by Crippen LogP contribution is 2.41. The first-order chi connectivity index (χ1) is 11.6. The Labute approximate surface area is 144 Å². The van der Waals surface area contributed by atoms with E-state index < -0.39 is 0 Å². The third-order valence-corrected chi connectivity index (χ3v) is 6.03. The van der Waals surface area contributed by atoms with Crippen molar-refractivity contribution in [1.29, 1.82) is 0 Å². The summed E-state index contributed by atoms with van der Waals surface area (Å²) in [7, 11) is 0. The topological polar surface area (TPSA) is 32.8 Å². The van der Waals surface area contributed by atoms with Gasteiger partial charge in [-0.3, -0.25) is 4.79 Å². The Bertz CT molecular complexity index is 611. The predicted molar refractivity (Wildman–Crippen MR) is 93.6 cm³/mol. The first-order valence-corrected chi connectivity index (χ1v) is 9.30. The van der Waals surface area contributed by atoms with Crippen molar-refractivity contribution in [3.63, 3.8) is 0 Å². The van der Waals surface area contributed by atoms with E-state index in [2.05, 4.69) is 41.0 Å². The predicted octanol–water partition coefficient (Wildman–Crippen LogP) is 2.46. The maximum absolute atomic E-state index is 13.1. The molecule has 1 spiro atoms. The standard InChI is InChI=1S/C20H28N2O2/c1-16-3-2-4-17(11-16)13-22-9-7-20(19(22)23)6-8-21(15-20)12-18-5-10-24-14-18/h2-4,11,18H,5-10,12-15H2,1H3. The van der Waals surface area contributed by atoms with Crippen molar-refractivity contribution in [2.24, 2.45) is 11.3 Å². The number of carbonyl (C=O) groups is 1. The molecule has 4 nitrogen and oxygen atoms in total. The molecular formula is C20H28N2O2. The van der Waals surface area contributed by atoms with E-state index in [1.54, 1.807) is 0 Å². The van der Waals surface area contributed by atoms with E-state index >= 15 is 0 Å². The second-order valence-electron chi connectivity index (χ2n) is 7.96. The number of hydrogen-bond acceptors (Lipinski definition) is 3. The molecule has 2 atom stereocenters. The van der Waals surface area contributed by atoms with Crippen molar-refractivity contribution >= 4 is 5.91 Å². The van der Waals surface area contributed by atoms with E-state index in [-0.39, 0.29) is 5.41 Å². The lowest BCUT2D eigenvalue weighted by molar-refractivity contribution is -0.136. The van der Waals surface area contributed by atoms with E-state index in [0.29, 0.717) is 11.8 Å². The molecule has 3 aliphatic heterocycles. The molecule has 130 valence electrons. The maximum atomic E-state index is 13.1. The largest absolute Gasteiger partial charge is 0.381 e. The van der Waals surface area contributed by atoms with Crippen LogP contribution in [-0.4, -0.2) is 55.1 Å². The molecule has 1 aromatic carbocycles. The van der Waals surface area contributed by atoms with Gasteiger partial charge in [-0.25, -0.2) is 0 Å². The molecule has 3 heterocycles. The average molecular weight is 328 g/mol. The van der Waals surface area contributed by atoms with E-state index in [4.69, 9.17) is 4.74 Å². The lowest BCUT2D eigenvalue weighted by Gasteiger charge is -2.25. The van der Waals surface area contributed by atoms with E-state index in [0.717, 1.165) is 58.8 Å². The highest BCUT2D eigenvalue weighted by atomic mass is 16.5. The average Bonchev–Trinajstić information content (AvgIpc) is 3.27. The van der Waals surface area contributed by atoms with Crippen molar-refractivity contribution < 1.29 is 9.53 Å². The molecule has 1 aromatic rings. The van der Waals surface area contributed by atoms with Gasteiger partial charge in [0, 0.05) is 32.8 Å². The Morgan fingerprint density at radius 3 is 2.96 bits per heavy atom. The fourth-order valence-electron chi connectivity index (χ4n) is 4.66. The van der Waals surface area contributed by atoms with Gasteiger partial charge < -0.3 is 14.5 Å². The molecule has 24 heavy (non-hydrogen) atoms. The minimum Gasteiger partial charge on any atom is -0.381 e. The quantitative estimate of drug-likeness (QED) is 0.851. The van der Waals surface area contributed by atoms with E-state index in [1.807, 2.05) is 0 Å². The van der Waals surface area contributed by atoms with E-state index in [9.17, 15) is 4.79 Å². The number of nitrogens with zero attached hydrogens (tertiary/aromatic N) is 2. The molecule has 3 aliphatic rings. The monoisotopic (exact) mass is 328 g/mol. The zero-order valence-electron chi connectivity index (χ0n) is 14.7. The van der Waals surface area contributed by atoms with Gasteiger partial charge in [0.25, 0.3) is 0 Å². The highest BCUT2D eigenvalue weighted by Gasteiger charge is 2.50. The molecule has 2 unspecified atom stereocenters. The van der Waals surface area contributed by atoms with Crippen LogP contribution in [0.2, 0.25) is 0 Å². The van der Waals surface area contributed by atoms with Gasteiger partial charge in [0.05, 0.1) is 12.0 Å². The van der Waals surface area contributed by atoms with Crippen LogP contribution in [0.25, 0.3) is 0 Å². The summed E-state index contributed by atoms with van der Waals surface area (Å²) >= 11 is 0. The third kappa shape index (κ3) is 3.09. The lowest BCUT2D eigenvalue weighted by Crippen LogP contribution is -2.37. The van der Waals surface area contributed by atoms with Gasteiger partial charge in [-0.2, -0.15) is 0 Å².